The maximum absolute atomic E-state index is 13.1. The lowest BCUT2D eigenvalue weighted by Gasteiger charge is -2.29. The summed E-state index contributed by atoms with van der Waals surface area (Å²) < 4.78 is 0. The van der Waals surface area contributed by atoms with E-state index in [2.05, 4.69) is 118 Å². The van der Waals surface area contributed by atoms with Gasteiger partial charge in [0.2, 0.25) is 0 Å². The molecular weight excluding hydrogens is 779 g/mol. The molecule has 1 N–H and O–H groups in total. The molecule has 4 aliphatic rings. The van der Waals surface area contributed by atoms with Crippen LogP contribution in [-0.2, 0) is 5.41 Å². The lowest BCUT2D eigenvalue weighted by molar-refractivity contribution is 0.0696. The molecule has 1 fully saturated rings. The second-order valence-corrected chi connectivity index (χ2v) is 19.4. The summed E-state index contributed by atoms with van der Waals surface area (Å²) in [5.74, 6) is -1.47. The molecule has 2 atom stereocenters. The van der Waals surface area contributed by atoms with Crippen molar-refractivity contribution in [2.24, 2.45) is 0 Å². The SMILES string of the molecule is Cc1cc(-c2sc(-c3cc4c(c5ccccc35)N(c3ccc5c(c3)-c3ccccc3C5(C)C)C3CCCC43)cc2C)sc1/C=C/C=C1\C(=O)c2ccc(C(=O)O)cc2C1=O. The van der Waals surface area contributed by atoms with Gasteiger partial charge in [-0.05, 0) is 137 Å². The number of aromatic carboxylic acids is 1. The number of anilines is 2. The summed E-state index contributed by atoms with van der Waals surface area (Å²) >= 11 is 3.55. The average molecular weight is 820 g/mol. The fraction of sp³-hybridized carbons (Fsp3) is 0.189. The van der Waals surface area contributed by atoms with E-state index in [4.69, 9.17) is 0 Å². The van der Waals surface area contributed by atoms with Gasteiger partial charge in [0.1, 0.15) is 0 Å². The van der Waals surface area contributed by atoms with Crippen molar-refractivity contribution >= 4 is 68.4 Å². The molecule has 5 aromatic carbocycles. The minimum Gasteiger partial charge on any atom is -0.478 e. The first-order valence-electron chi connectivity index (χ1n) is 20.7. The number of benzene rings is 5. The molecule has 0 radical (unpaired) electrons. The molecule has 2 unspecified atom stereocenters. The number of thiophene rings is 2. The van der Waals surface area contributed by atoms with E-state index < -0.39 is 11.8 Å². The van der Waals surface area contributed by atoms with Gasteiger partial charge in [-0.1, -0.05) is 80.9 Å². The van der Waals surface area contributed by atoms with E-state index in [1.165, 1.54) is 113 Å². The smallest absolute Gasteiger partial charge is 0.335 e. The highest BCUT2D eigenvalue weighted by molar-refractivity contribution is 7.24. The van der Waals surface area contributed by atoms with E-state index in [0.717, 1.165) is 10.4 Å². The third-order valence-corrected chi connectivity index (χ3v) is 16.1. The van der Waals surface area contributed by atoms with Gasteiger partial charge >= 0.3 is 5.97 Å². The largest absolute Gasteiger partial charge is 0.478 e. The Morgan fingerprint density at radius 2 is 1.48 bits per heavy atom. The fourth-order valence-electron chi connectivity index (χ4n) is 10.6. The van der Waals surface area contributed by atoms with E-state index in [0.29, 0.717) is 12.0 Å². The summed E-state index contributed by atoms with van der Waals surface area (Å²) in [7, 11) is 0. The number of nitrogens with zero attached hydrogens (tertiary/aromatic N) is 1. The molecule has 1 aliphatic heterocycles. The molecular formula is C53H41NO4S2. The molecule has 0 saturated heterocycles. The molecule has 2 aromatic heterocycles. The molecule has 11 rings (SSSR count). The Labute approximate surface area is 357 Å². The van der Waals surface area contributed by atoms with Gasteiger partial charge in [-0.2, -0.15) is 0 Å². The maximum atomic E-state index is 13.1. The van der Waals surface area contributed by atoms with Gasteiger partial charge in [0, 0.05) is 59.1 Å². The van der Waals surface area contributed by atoms with Crippen LogP contribution in [0, 0.1) is 13.8 Å². The third kappa shape index (κ3) is 5.38. The highest BCUT2D eigenvalue weighted by Gasteiger charge is 2.44. The molecule has 7 aromatic rings. The van der Waals surface area contributed by atoms with Gasteiger partial charge in [0.15, 0.2) is 11.6 Å². The summed E-state index contributed by atoms with van der Waals surface area (Å²) in [5.41, 5.74) is 13.7. The highest BCUT2D eigenvalue weighted by atomic mass is 32.1. The molecule has 3 heterocycles. The first-order chi connectivity index (χ1) is 29.0. The minimum atomic E-state index is -1.13. The molecule has 3 aliphatic carbocycles. The van der Waals surface area contributed by atoms with Crippen molar-refractivity contribution in [1.82, 2.24) is 0 Å². The van der Waals surface area contributed by atoms with E-state index in [-0.39, 0.29) is 33.5 Å². The van der Waals surface area contributed by atoms with Gasteiger partial charge in [-0.25, -0.2) is 4.79 Å². The van der Waals surface area contributed by atoms with Crippen LogP contribution in [0.5, 0.6) is 0 Å². The number of ketones is 2. The Kier molecular flexibility index (Phi) is 8.26. The molecule has 5 nitrogen and oxygen atoms in total. The Morgan fingerprint density at radius 3 is 2.32 bits per heavy atom. The number of carboxylic acid groups (broad SMARTS) is 1. The fourth-order valence-corrected chi connectivity index (χ4v) is 13.0. The summed E-state index contributed by atoms with van der Waals surface area (Å²) in [5, 5.41) is 12.0. The van der Waals surface area contributed by atoms with Crippen LogP contribution in [0.3, 0.4) is 0 Å². The zero-order chi connectivity index (χ0) is 41.2. The maximum Gasteiger partial charge on any atom is 0.335 e. The van der Waals surface area contributed by atoms with Crippen molar-refractivity contribution in [3.05, 3.63) is 170 Å². The summed E-state index contributed by atoms with van der Waals surface area (Å²) in [6.45, 7) is 8.99. The van der Waals surface area contributed by atoms with Crippen molar-refractivity contribution in [1.29, 1.82) is 0 Å². The number of rotatable bonds is 6. The Balaban J connectivity index is 0.940. The van der Waals surface area contributed by atoms with Crippen LogP contribution in [0.15, 0.2) is 121 Å². The zero-order valence-corrected chi connectivity index (χ0v) is 35.4. The molecule has 7 heteroatoms. The predicted molar refractivity (Wildman–Crippen MR) is 246 cm³/mol. The summed E-state index contributed by atoms with van der Waals surface area (Å²) in [4.78, 5) is 45.0. The van der Waals surface area contributed by atoms with Crippen molar-refractivity contribution in [2.75, 3.05) is 4.90 Å². The lowest BCUT2D eigenvalue weighted by Crippen LogP contribution is -2.26. The van der Waals surface area contributed by atoms with Crippen LogP contribution in [0.4, 0.5) is 11.4 Å². The van der Waals surface area contributed by atoms with Crippen LogP contribution in [0.1, 0.15) is 103 Å². The first kappa shape index (κ1) is 36.9. The van der Waals surface area contributed by atoms with E-state index in [1.807, 2.05) is 17.4 Å². The molecule has 0 amide bonds. The zero-order valence-electron chi connectivity index (χ0n) is 33.8. The minimum absolute atomic E-state index is 0.0132. The highest BCUT2D eigenvalue weighted by Crippen LogP contribution is 2.58. The van der Waals surface area contributed by atoms with Crippen molar-refractivity contribution < 1.29 is 19.5 Å². The van der Waals surface area contributed by atoms with Gasteiger partial charge in [-0.3, -0.25) is 9.59 Å². The van der Waals surface area contributed by atoms with Gasteiger partial charge in [0.05, 0.1) is 16.8 Å². The second kappa shape index (κ2) is 13.4. The van der Waals surface area contributed by atoms with Gasteiger partial charge < -0.3 is 10.0 Å². The van der Waals surface area contributed by atoms with Crippen LogP contribution >= 0.6 is 22.7 Å². The Bertz CT molecular complexity index is 3120. The monoisotopic (exact) mass is 819 g/mol. The Morgan fingerprint density at radius 1 is 0.733 bits per heavy atom. The van der Waals surface area contributed by atoms with Crippen LogP contribution in [0.25, 0.3) is 48.2 Å². The number of carboxylic acids is 1. The number of carbonyl (C=O) groups excluding carboxylic acids is 2. The molecule has 60 heavy (non-hydrogen) atoms. The van der Waals surface area contributed by atoms with Gasteiger partial charge in [-0.15, -0.1) is 22.7 Å². The molecule has 0 spiro atoms. The summed E-state index contributed by atoms with van der Waals surface area (Å²) in [6.07, 6.45) is 8.87. The Hall–Kier alpha value is -6.15. The number of hydrogen-bond acceptors (Lipinski definition) is 6. The topological polar surface area (TPSA) is 74.7 Å². The number of allylic oxidation sites excluding steroid dienone is 3. The van der Waals surface area contributed by atoms with Gasteiger partial charge in [0.25, 0.3) is 0 Å². The molecule has 294 valence electrons. The van der Waals surface area contributed by atoms with Crippen molar-refractivity contribution in [3.8, 4) is 31.3 Å². The number of carbonyl (C=O) groups is 3. The molecule has 1 saturated carbocycles. The number of Topliss-reactive ketones (excluding diaryl/α,β-unsaturated/α-hetero) is 2. The predicted octanol–water partition coefficient (Wildman–Crippen LogP) is 13.7. The van der Waals surface area contributed by atoms with E-state index in [1.54, 1.807) is 23.5 Å². The third-order valence-electron chi connectivity index (χ3n) is 13.5. The number of hydrogen-bond donors (Lipinski definition) is 1. The standard InChI is InChI=1S/C53H41NO4S2/c1-28-23-47(59-45(28)18-10-15-37-49(55)36-21-19-30(52(57)58)25-41(36)50(37)56)51-29(2)24-46(60-51)39-27-40-34-14-9-17-44(34)54(48(40)35-13-6-5-11-32(35)39)31-20-22-43-38(26-31)33-12-7-8-16-42(33)53(43,3)4/h5-8,10-13,15-16,18-27,34,44H,9,14,17H2,1-4H3,(H,57,58)/b18-10+,37-15+. The van der Waals surface area contributed by atoms with Crippen molar-refractivity contribution in [3.63, 3.8) is 0 Å². The van der Waals surface area contributed by atoms with Crippen LogP contribution < -0.4 is 4.90 Å². The second-order valence-electron chi connectivity index (χ2n) is 17.2. The number of aryl methyl sites for hydroxylation is 2. The van der Waals surface area contributed by atoms with Crippen LogP contribution in [0.2, 0.25) is 0 Å². The van der Waals surface area contributed by atoms with E-state index >= 15 is 0 Å². The summed E-state index contributed by atoms with van der Waals surface area (Å²) in [6, 6.07) is 36.8. The quantitative estimate of drug-likeness (QED) is 0.134. The van der Waals surface area contributed by atoms with E-state index in [9.17, 15) is 19.5 Å². The first-order valence-corrected chi connectivity index (χ1v) is 22.3. The molecule has 0 bridgehead atoms. The normalized spacial score (nSPS) is 19.1. The lowest BCUT2D eigenvalue weighted by atomic mass is 9.82. The average Bonchev–Trinajstić information content (AvgIpc) is 4.09. The number of fused-ring (bicyclic) bond motifs is 9. The van der Waals surface area contributed by atoms with Crippen molar-refractivity contribution in [2.45, 2.75) is 64.3 Å². The van der Waals surface area contributed by atoms with Crippen LogP contribution in [-0.4, -0.2) is 28.7 Å².